The van der Waals surface area contributed by atoms with E-state index in [1.807, 2.05) is 30.5 Å². The molecule has 64 valence electrons. The second-order valence-corrected chi connectivity index (χ2v) is 3.35. The van der Waals surface area contributed by atoms with Crippen molar-refractivity contribution in [2.24, 2.45) is 0 Å². The smallest absolute Gasteiger partial charge is 0.0995 e. The number of thioether (sulfide) groups is 1. The highest BCUT2D eigenvalue weighted by Crippen LogP contribution is 2.19. The number of hydrogen-bond acceptors (Lipinski definition) is 3. The fourth-order valence-electron chi connectivity index (χ4n) is 1.03. The van der Waals surface area contributed by atoms with Gasteiger partial charge in [0.2, 0.25) is 0 Å². The minimum atomic E-state index is 0.303. The van der Waals surface area contributed by atoms with Crippen molar-refractivity contribution in [3.63, 3.8) is 0 Å². The molecule has 0 unspecified atom stereocenters. The second kappa shape index (κ2) is 4.54. The van der Waals surface area contributed by atoms with E-state index in [4.69, 9.17) is 10.5 Å². The maximum Gasteiger partial charge on any atom is 0.0995 e. The minimum absolute atomic E-state index is 0.303. The topological polar surface area (TPSA) is 47.6 Å². The first-order valence-corrected chi connectivity index (χ1v) is 4.98. The molecule has 3 heteroatoms. The molecule has 0 aromatic heterocycles. The average Bonchev–Trinajstić information content (AvgIpc) is 2.19. The number of hydrogen-bond donors (Lipinski definition) is 0. The molecule has 1 aromatic rings. The summed E-state index contributed by atoms with van der Waals surface area (Å²) in [6.45, 7) is 0. The molecular weight excluding hydrogens is 180 g/mol. The van der Waals surface area contributed by atoms with Gasteiger partial charge < -0.3 is 0 Å². The van der Waals surface area contributed by atoms with Crippen LogP contribution in [0.2, 0.25) is 0 Å². The summed E-state index contributed by atoms with van der Waals surface area (Å²) in [5, 5.41) is 17.3. The van der Waals surface area contributed by atoms with Crippen molar-refractivity contribution in [1.29, 1.82) is 10.5 Å². The van der Waals surface area contributed by atoms with E-state index < -0.39 is 0 Å². The third kappa shape index (κ3) is 2.24. The Morgan fingerprint density at radius 3 is 2.69 bits per heavy atom. The molecule has 0 aliphatic heterocycles. The summed E-state index contributed by atoms with van der Waals surface area (Å²) < 4.78 is 0. The van der Waals surface area contributed by atoms with Gasteiger partial charge in [0.05, 0.1) is 24.1 Å². The van der Waals surface area contributed by atoms with E-state index in [0.717, 1.165) is 10.5 Å². The lowest BCUT2D eigenvalue weighted by Gasteiger charge is -2.00. The van der Waals surface area contributed by atoms with E-state index >= 15 is 0 Å². The van der Waals surface area contributed by atoms with Crippen molar-refractivity contribution < 1.29 is 0 Å². The van der Waals surface area contributed by atoms with Gasteiger partial charge >= 0.3 is 0 Å². The van der Waals surface area contributed by atoms with Gasteiger partial charge in [0.15, 0.2) is 0 Å². The third-order valence-corrected chi connectivity index (χ3v) is 2.43. The Balaban J connectivity index is 3.11. The summed E-state index contributed by atoms with van der Waals surface area (Å²) in [7, 11) is 0. The first-order valence-electron chi connectivity index (χ1n) is 3.75. The van der Waals surface area contributed by atoms with Crippen LogP contribution in [0, 0.1) is 22.7 Å². The van der Waals surface area contributed by atoms with E-state index in [2.05, 4.69) is 6.07 Å². The molecule has 0 amide bonds. The summed E-state index contributed by atoms with van der Waals surface area (Å²) in [5.74, 6) is 0. The van der Waals surface area contributed by atoms with Crippen LogP contribution in [0.15, 0.2) is 23.1 Å². The van der Waals surface area contributed by atoms with Crippen LogP contribution in [0.3, 0.4) is 0 Å². The summed E-state index contributed by atoms with van der Waals surface area (Å²) >= 11 is 1.59. The maximum atomic E-state index is 8.80. The van der Waals surface area contributed by atoms with Crippen LogP contribution in [0.25, 0.3) is 0 Å². The molecular formula is C10H8N2S. The Morgan fingerprint density at radius 1 is 1.38 bits per heavy atom. The van der Waals surface area contributed by atoms with E-state index in [1.165, 1.54) is 0 Å². The van der Waals surface area contributed by atoms with Gasteiger partial charge in [-0.15, -0.1) is 11.8 Å². The Kier molecular flexibility index (Phi) is 3.37. The quantitative estimate of drug-likeness (QED) is 0.669. The second-order valence-electron chi connectivity index (χ2n) is 2.47. The molecule has 0 fully saturated rings. The van der Waals surface area contributed by atoms with E-state index in [0.29, 0.717) is 12.0 Å². The fourth-order valence-corrected chi connectivity index (χ4v) is 1.47. The van der Waals surface area contributed by atoms with Gasteiger partial charge in [0.1, 0.15) is 0 Å². The molecule has 0 aliphatic rings. The number of nitrogens with zero attached hydrogens (tertiary/aromatic N) is 2. The highest BCUT2D eigenvalue weighted by atomic mass is 32.2. The maximum absolute atomic E-state index is 8.80. The Bertz CT molecular complexity index is 385. The molecule has 0 spiro atoms. The minimum Gasteiger partial charge on any atom is -0.198 e. The third-order valence-electron chi connectivity index (χ3n) is 1.71. The molecule has 0 N–H and O–H groups in total. The van der Waals surface area contributed by atoms with Crippen LogP contribution in [0.1, 0.15) is 11.1 Å². The van der Waals surface area contributed by atoms with Crippen LogP contribution in [-0.2, 0) is 6.42 Å². The predicted molar refractivity (Wildman–Crippen MR) is 52.3 cm³/mol. The molecule has 0 heterocycles. The Hall–Kier alpha value is -1.45. The molecule has 1 aromatic carbocycles. The Labute approximate surface area is 81.8 Å². The van der Waals surface area contributed by atoms with Crippen LogP contribution in [-0.4, -0.2) is 6.26 Å². The molecule has 13 heavy (non-hydrogen) atoms. The first-order chi connectivity index (χ1) is 6.31. The first kappa shape index (κ1) is 9.64. The van der Waals surface area contributed by atoms with Crippen molar-refractivity contribution in [1.82, 2.24) is 0 Å². The van der Waals surface area contributed by atoms with Crippen LogP contribution in [0.5, 0.6) is 0 Å². The summed E-state index contributed by atoms with van der Waals surface area (Å²) in [5.41, 5.74) is 1.41. The zero-order valence-corrected chi connectivity index (χ0v) is 8.06. The standard InChI is InChI=1S/C10H8N2S/c1-13-10-3-2-8(4-5-11)9(6-10)7-12/h2-3,6H,4H2,1H3. The van der Waals surface area contributed by atoms with Gasteiger partial charge in [0, 0.05) is 4.90 Å². The summed E-state index contributed by atoms with van der Waals surface area (Å²) in [6.07, 6.45) is 2.26. The highest BCUT2D eigenvalue weighted by molar-refractivity contribution is 7.98. The Morgan fingerprint density at radius 2 is 2.15 bits per heavy atom. The SMILES string of the molecule is CSc1ccc(CC#N)c(C#N)c1. The van der Waals surface area contributed by atoms with Crippen LogP contribution in [0.4, 0.5) is 0 Å². The summed E-state index contributed by atoms with van der Waals surface area (Å²) in [4.78, 5) is 1.05. The van der Waals surface area contributed by atoms with Gasteiger partial charge in [-0.25, -0.2) is 0 Å². The van der Waals surface area contributed by atoms with E-state index in [9.17, 15) is 0 Å². The van der Waals surface area contributed by atoms with Crippen molar-refractivity contribution >= 4 is 11.8 Å². The molecule has 0 saturated heterocycles. The van der Waals surface area contributed by atoms with Crippen molar-refractivity contribution in [3.05, 3.63) is 29.3 Å². The fraction of sp³-hybridized carbons (Fsp3) is 0.200. The highest BCUT2D eigenvalue weighted by Gasteiger charge is 2.01. The summed E-state index contributed by atoms with van der Waals surface area (Å²) in [6, 6.07) is 9.72. The lowest BCUT2D eigenvalue weighted by atomic mass is 10.1. The number of nitriles is 2. The molecule has 0 radical (unpaired) electrons. The van der Waals surface area contributed by atoms with Crippen LogP contribution >= 0.6 is 11.8 Å². The van der Waals surface area contributed by atoms with Crippen LogP contribution < -0.4 is 0 Å². The molecule has 1 rings (SSSR count). The van der Waals surface area contributed by atoms with Gasteiger partial charge in [0.25, 0.3) is 0 Å². The monoisotopic (exact) mass is 188 g/mol. The normalized spacial score (nSPS) is 8.85. The molecule has 2 nitrogen and oxygen atoms in total. The van der Waals surface area contributed by atoms with Gasteiger partial charge in [-0.1, -0.05) is 6.07 Å². The molecule has 0 bridgehead atoms. The van der Waals surface area contributed by atoms with Crippen molar-refractivity contribution in [3.8, 4) is 12.1 Å². The van der Waals surface area contributed by atoms with Crippen molar-refractivity contribution in [2.75, 3.05) is 6.26 Å². The number of benzene rings is 1. The lowest BCUT2D eigenvalue weighted by Crippen LogP contribution is -1.88. The van der Waals surface area contributed by atoms with Gasteiger partial charge in [-0.3, -0.25) is 0 Å². The van der Waals surface area contributed by atoms with E-state index in [1.54, 1.807) is 11.8 Å². The predicted octanol–water partition coefficient (Wildman–Crippen LogP) is 2.35. The van der Waals surface area contributed by atoms with E-state index in [-0.39, 0.29) is 0 Å². The molecule has 0 saturated carbocycles. The molecule has 0 aliphatic carbocycles. The zero-order valence-electron chi connectivity index (χ0n) is 7.24. The largest absolute Gasteiger partial charge is 0.198 e. The number of rotatable bonds is 2. The lowest BCUT2D eigenvalue weighted by molar-refractivity contribution is 1.22. The zero-order chi connectivity index (χ0) is 9.68. The van der Waals surface area contributed by atoms with Gasteiger partial charge in [-0.05, 0) is 24.0 Å². The average molecular weight is 188 g/mol. The molecule has 0 atom stereocenters. The van der Waals surface area contributed by atoms with Crippen molar-refractivity contribution in [2.45, 2.75) is 11.3 Å². The van der Waals surface area contributed by atoms with Gasteiger partial charge in [-0.2, -0.15) is 10.5 Å².